The number of hydrazine groups is 1. The lowest BCUT2D eigenvalue weighted by Crippen LogP contribution is -2.61. The number of aliphatic hydroxyl groups is 1. The summed E-state index contributed by atoms with van der Waals surface area (Å²) in [5, 5.41) is 14.7. The van der Waals surface area contributed by atoms with Crippen molar-refractivity contribution < 1.29 is 14.7 Å². The number of carbonyl (C=O) groups excluding carboxylic acids is 2. The molecule has 0 unspecified atom stereocenters. The van der Waals surface area contributed by atoms with Crippen LogP contribution in [0.1, 0.15) is 34.7 Å². The van der Waals surface area contributed by atoms with E-state index in [4.69, 9.17) is 0 Å². The summed E-state index contributed by atoms with van der Waals surface area (Å²) in [5.41, 5.74) is 4.88. The average molecular weight is 473 g/mol. The summed E-state index contributed by atoms with van der Waals surface area (Å²) >= 11 is 0. The highest BCUT2D eigenvalue weighted by Gasteiger charge is 2.44. The van der Waals surface area contributed by atoms with E-state index in [1.807, 2.05) is 24.1 Å². The van der Waals surface area contributed by atoms with Crippen LogP contribution >= 0.6 is 0 Å². The molecule has 2 saturated heterocycles. The number of nitrogens with zero attached hydrogens (tertiary/aromatic N) is 4. The topological polar surface area (TPSA) is 67.3 Å². The maximum Gasteiger partial charge on any atom is 0.276 e. The van der Waals surface area contributed by atoms with Gasteiger partial charge in [0, 0.05) is 19.6 Å². The molecule has 2 aliphatic heterocycles. The lowest BCUT2D eigenvalue weighted by atomic mass is 9.94. The molecule has 2 aromatic rings. The Morgan fingerprint density at radius 2 is 1.63 bits per heavy atom. The van der Waals surface area contributed by atoms with E-state index in [1.54, 1.807) is 12.1 Å². The van der Waals surface area contributed by atoms with Gasteiger partial charge in [-0.25, -0.2) is 0 Å². The summed E-state index contributed by atoms with van der Waals surface area (Å²) in [7, 11) is 3.81. The maximum absolute atomic E-state index is 13.7. The van der Waals surface area contributed by atoms with Crippen LogP contribution < -0.4 is 0 Å². The Balaban J connectivity index is 1.68. The molecule has 1 atom stereocenters. The van der Waals surface area contributed by atoms with Gasteiger partial charge in [0.2, 0.25) is 5.78 Å². The van der Waals surface area contributed by atoms with Crippen LogP contribution in [0.15, 0.2) is 72.6 Å². The summed E-state index contributed by atoms with van der Waals surface area (Å²) in [4.78, 5) is 30.2. The molecular formula is C28H32N4O3. The largest absolute Gasteiger partial charge is 0.503 e. The number of aliphatic hydroxyl groups excluding tert-OH is 1. The molecule has 1 aliphatic carbocycles. The molecular weight excluding hydrogens is 440 g/mol. The number of hydrogen-bond acceptors (Lipinski definition) is 6. The average Bonchev–Trinajstić information content (AvgIpc) is 3.23. The van der Waals surface area contributed by atoms with Gasteiger partial charge in [-0.05, 0) is 61.2 Å². The number of fused-ring (bicyclic) bond motifs is 2. The predicted octanol–water partition coefficient (Wildman–Crippen LogP) is 3.05. The zero-order valence-corrected chi connectivity index (χ0v) is 20.4. The van der Waals surface area contributed by atoms with Crippen molar-refractivity contribution in [3.63, 3.8) is 0 Å². The molecule has 2 aromatic carbocycles. The molecule has 182 valence electrons. The molecule has 2 fully saturated rings. The highest BCUT2D eigenvalue weighted by molar-refractivity contribution is 6.08. The number of rotatable bonds is 4. The minimum absolute atomic E-state index is 0.00148. The maximum atomic E-state index is 13.7. The van der Waals surface area contributed by atoms with Gasteiger partial charge in [-0.2, -0.15) is 5.01 Å². The lowest BCUT2D eigenvalue weighted by Gasteiger charge is -2.49. The van der Waals surface area contributed by atoms with E-state index in [0.29, 0.717) is 6.67 Å². The van der Waals surface area contributed by atoms with Gasteiger partial charge in [0.25, 0.3) is 5.91 Å². The highest BCUT2D eigenvalue weighted by Crippen LogP contribution is 2.40. The fraction of sp³-hybridized carbons (Fsp3) is 0.357. The van der Waals surface area contributed by atoms with Gasteiger partial charge in [-0.3, -0.25) is 14.6 Å². The van der Waals surface area contributed by atoms with Gasteiger partial charge >= 0.3 is 0 Å². The van der Waals surface area contributed by atoms with Crippen LogP contribution in [0.2, 0.25) is 0 Å². The fourth-order valence-corrected chi connectivity index (χ4v) is 5.70. The Bertz CT molecular complexity index is 1160. The number of aryl methyl sites for hydroxylation is 2. The Morgan fingerprint density at radius 1 is 1.03 bits per heavy atom. The number of amides is 1. The molecule has 0 saturated carbocycles. The first-order chi connectivity index (χ1) is 16.9. The van der Waals surface area contributed by atoms with Crippen LogP contribution in [0.3, 0.4) is 0 Å². The van der Waals surface area contributed by atoms with Crippen LogP contribution in [0.25, 0.3) is 0 Å². The van der Waals surface area contributed by atoms with Crippen molar-refractivity contribution >= 4 is 11.7 Å². The summed E-state index contributed by atoms with van der Waals surface area (Å²) in [6.45, 7) is 5.52. The second-order valence-electron chi connectivity index (χ2n) is 9.65. The zero-order valence-electron chi connectivity index (χ0n) is 20.4. The summed E-state index contributed by atoms with van der Waals surface area (Å²) < 4.78 is 0. The van der Waals surface area contributed by atoms with Gasteiger partial charge in [-0.15, -0.1) is 0 Å². The minimum Gasteiger partial charge on any atom is -0.503 e. The molecule has 1 amide bonds. The standard InChI is InChI=1S/C28H32N4O3/c1-4-24(33)27(34)26-28(35)31(21-15-16-29(2)17-21)18-32(30(26)3)25-22-11-7-5-9-19(22)13-14-20-10-6-8-12-23(20)25/h4-12,21,25,34H,1,13-18H2,2-3H3/b27-26+/t21-/m1/s1. The van der Waals surface area contributed by atoms with E-state index in [1.165, 1.54) is 22.3 Å². The number of hydrogen-bond donors (Lipinski definition) is 1. The van der Waals surface area contributed by atoms with E-state index in [9.17, 15) is 14.7 Å². The number of likely N-dealkylation sites (N-methyl/N-ethyl adjacent to an activating group) is 2. The normalized spacial score (nSPS) is 23.0. The molecule has 0 spiro atoms. The third kappa shape index (κ3) is 4.05. The lowest BCUT2D eigenvalue weighted by molar-refractivity contribution is -0.156. The monoisotopic (exact) mass is 472 g/mol. The number of likely N-dealkylation sites (tertiary alicyclic amines) is 1. The van der Waals surface area contributed by atoms with E-state index < -0.39 is 11.5 Å². The van der Waals surface area contributed by atoms with Crippen molar-refractivity contribution in [2.24, 2.45) is 0 Å². The third-order valence-corrected chi connectivity index (χ3v) is 7.58. The van der Waals surface area contributed by atoms with Gasteiger partial charge in [0.15, 0.2) is 11.5 Å². The number of benzene rings is 2. The van der Waals surface area contributed by atoms with E-state index in [0.717, 1.165) is 38.4 Å². The SMILES string of the molecule is C=CC(=O)/C(O)=C1/C(=O)N([C@@H]2CCN(C)C2)CN(C2c3ccccc3CCc3ccccc32)N1C. The van der Waals surface area contributed by atoms with E-state index in [-0.39, 0.29) is 23.7 Å². The Kier molecular flexibility index (Phi) is 6.21. The van der Waals surface area contributed by atoms with E-state index in [2.05, 4.69) is 52.9 Å². The molecule has 5 rings (SSSR count). The first-order valence-corrected chi connectivity index (χ1v) is 12.2. The van der Waals surface area contributed by atoms with Crippen LogP contribution in [-0.4, -0.2) is 76.5 Å². The van der Waals surface area contributed by atoms with Gasteiger partial charge in [0.1, 0.15) is 0 Å². The highest BCUT2D eigenvalue weighted by atomic mass is 16.3. The number of allylic oxidation sites excluding steroid dienone is 1. The molecule has 0 bridgehead atoms. The van der Waals surface area contributed by atoms with Crippen molar-refractivity contribution in [2.75, 3.05) is 33.9 Å². The first-order valence-electron chi connectivity index (χ1n) is 12.2. The fourth-order valence-electron chi connectivity index (χ4n) is 5.70. The second kappa shape index (κ2) is 9.32. The number of carbonyl (C=O) groups is 2. The van der Waals surface area contributed by atoms with Crippen molar-refractivity contribution in [3.05, 3.63) is 94.9 Å². The Morgan fingerprint density at radius 3 is 2.17 bits per heavy atom. The second-order valence-corrected chi connectivity index (χ2v) is 9.65. The van der Waals surface area contributed by atoms with Crippen LogP contribution in [-0.2, 0) is 22.4 Å². The molecule has 0 radical (unpaired) electrons. The van der Waals surface area contributed by atoms with Crippen LogP contribution in [0.4, 0.5) is 0 Å². The molecule has 1 N–H and O–H groups in total. The van der Waals surface area contributed by atoms with Crippen molar-refractivity contribution in [1.29, 1.82) is 0 Å². The third-order valence-electron chi connectivity index (χ3n) is 7.58. The summed E-state index contributed by atoms with van der Waals surface area (Å²) in [6, 6.07) is 16.7. The quantitative estimate of drug-likeness (QED) is 0.545. The minimum atomic E-state index is -0.660. The molecule has 35 heavy (non-hydrogen) atoms. The summed E-state index contributed by atoms with van der Waals surface area (Å²) in [5.74, 6) is -1.55. The molecule has 0 aromatic heterocycles. The molecule has 3 aliphatic rings. The summed E-state index contributed by atoms with van der Waals surface area (Å²) in [6.07, 6.45) is 3.76. The zero-order chi connectivity index (χ0) is 24.7. The predicted molar refractivity (Wildman–Crippen MR) is 134 cm³/mol. The van der Waals surface area contributed by atoms with Crippen LogP contribution in [0, 0.1) is 0 Å². The van der Waals surface area contributed by atoms with Crippen molar-refractivity contribution in [3.8, 4) is 0 Å². The van der Waals surface area contributed by atoms with Crippen LogP contribution in [0.5, 0.6) is 0 Å². The first kappa shape index (κ1) is 23.3. The van der Waals surface area contributed by atoms with E-state index >= 15 is 0 Å². The van der Waals surface area contributed by atoms with Crippen molar-refractivity contribution in [2.45, 2.75) is 31.3 Å². The molecule has 7 nitrogen and oxygen atoms in total. The van der Waals surface area contributed by atoms with Gasteiger partial charge in [0.05, 0.1) is 12.7 Å². The Hall–Kier alpha value is -3.42. The molecule has 7 heteroatoms. The molecule has 2 heterocycles. The van der Waals surface area contributed by atoms with Crippen molar-refractivity contribution in [1.82, 2.24) is 19.8 Å². The Labute approximate surface area is 206 Å². The van der Waals surface area contributed by atoms with Gasteiger partial charge < -0.3 is 14.9 Å². The smallest absolute Gasteiger partial charge is 0.276 e. The number of ketones is 1. The van der Waals surface area contributed by atoms with Gasteiger partial charge in [-0.1, -0.05) is 55.1 Å².